The van der Waals surface area contributed by atoms with Gasteiger partial charge in [0.05, 0.1) is 18.0 Å². The number of carboxylic acids is 1. The van der Waals surface area contributed by atoms with Gasteiger partial charge in [0.25, 0.3) is 0 Å². The third-order valence-electron chi connectivity index (χ3n) is 5.76. The third-order valence-corrected chi connectivity index (χ3v) is 5.76. The van der Waals surface area contributed by atoms with Crippen LogP contribution in [-0.4, -0.2) is 64.5 Å². The highest BCUT2D eigenvalue weighted by Crippen LogP contribution is 2.44. The number of anilines is 1. The Morgan fingerprint density at radius 3 is 2.47 bits per heavy atom. The van der Waals surface area contributed by atoms with Gasteiger partial charge in [0.15, 0.2) is 11.6 Å². The van der Waals surface area contributed by atoms with Crippen LogP contribution >= 0.6 is 0 Å². The van der Waals surface area contributed by atoms with Gasteiger partial charge in [-0.05, 0) is 25.8 Å². The van der Waals surface area contributed by atoms with E-state index in [0.29, 0.717) is 5.52 Å². The smallest absolute Gasteiger partial charge is 0.407 e. The highest BCUT2D eigenvalue weighted by Gasteiger charge is 2.34. The maximum atomic E-state index is 15.2. The monoisotopic (exact) mass is 419 g/mol. The minimum absolute atomic E-state index is 0.0150. The fourth-order valence-corrected chi connectivity index (χ4v) is 4.17. The van der Waals surface area contributed by atoms with Crippen molar-refractivity contribution in [2.75, 3.05) is 31.6 Å². The number of methoxy groups -OCH3 is 1. The zero-order chi connectivity index (χ0) is 21.7. The summed E-state index contributed by atoms with van der Waals surface area (Å²) >= 11 is 0. The Morgan fingerprint density at radius 2 is 1.93 bits per heavy atom. The Bertz CT molecular complexity index is 1110. The van der Waals surface area contributed by atoms with Crippen molar-refractivity contribution in [1.82, 2.24) is 9.47 Å². The number of nitrogens with zero attached hydrogens (tertiary/aromatic N) is 3. The van der Waals surface area contributed by atoms with Crippen molar-refractivity contribution in [2.45, 2.75) is 31.8 Å². The maximum Gasteiger partial charge on any atom is 0.407 e. The molecular weight excluding hydrogens is 397 g/mol. The van der Waals surface area contributed by atoms with Crippen molar-refractivity contribution < 1.29 is 28.9 Å². The van der Waals surface area contributed by atoms with Gasteiger partial charge in [-0.15, -0.1) is 0 Å². The van der Waals surface area contributed by atoms with E-state index in [1.54, 1.807) is 16.4 Å². The predicted octanol–water partition coefficient (Wildman–Crippen LogP) is 2.37. The van der Waals surface area contributed by atoms with E-state index >= 15 is 4.39 Å². The van der Waals surface area contributed by atoms with Crippen molar-refractivity contribution in [3.05, 3.63) is 33.9 Å². The molecule has 1 atom stereocenters. The van der Waals surface area contributed by atoms with Crippen LogP contribution < -0.4 is 15.1 Å². The topological polar surface area (TPSA) is 112 Å². The third kappa shape index (κ3) is 3.12. The first-order chi connectivity index (χ1) is 14.2. The molecule has 30 heavy (non-hydrogen) atoms. The van der Waals surface area contributed by atoms with Crippen molar-refractivity contribution in [1.29, 1.82) is 0 Å². The minimum atomic E-state index is -1.36. The molecular formula is C20H22FN3O6. The van der Waals surface area contributed by atoms with E-state index in [0.717, 1.165) is 18.9 Å². The molecule has 9 nitrogen and oxygen atoms in total. The van der Waals surface area contributed by atoms with Crippen LogP contribution in [-0.2, 0) is 0 Å². The van der Waals surface area contributed by atoms with Crippen molar-refractivity contribution in [3.63, 3.8) is 0 Å². The normalized spacial score (nSPS) is 19.2. The van der Waals surface area contributed by atoms with Crippen molar-refractivity contribution in [3.8, 4) is 5.75 Å². The molecule has 10 heteroatoms. The number of carbonyl (C=O) groups is 2. The molecule has 0 bridgehead atoms. The zero-order valence-electron chi connectivity index (χ0n) is 16.6. The Kier molecular flexibility index (Phi) is 4.79. The highest BCUT2D eigenvalue weighted by molar-refractivity contribution is 5.97. The molecule has 4 rings (SSSR count). The number of aromatic carboxylic acids is 1. The number of ether oxygens (including phenoxy) is 1. The zero-order valence-corrected chi connectivity index (χ0v) is 16.6. The van der Waals surface area contributed by atoms with E-state index in [-0.39, 0.29) is 48.5 Å². The average molecular weight is 419 g/mol. The Morgan fingerprint density at radius 1 is 1.23 bits per heavy atom. The number of piperazine rings is 1. The van der Waals surface area contributed by atoms with Crippen molar-refractivity contribution in [2.24, 2.45) is 0 Å². The summed E-state index contributed by atoms with van der Waals surface area (Å²) in [4.78, 5) is 38.6. The number of benzene rings is 1. The molecule has 0 spiro atoms. The van der Waals surface area contributed by atoms with Gasteiger partial charge in [0.2, 0.25) is 5.43 Å². The van der Waals surface area contributed by atoms with Crippen LogP contribution in [0.4, 0.5) is 14.9 Å². The quantitative estimate of drug-likeness (QED) is 0.782. The summed E-state index contributed by atoms with van der Waals surface area (Å²) in [5.74, 6) is -1.92. The van der Waals surface area contributed by atoms with E-state index in [4.69, 9.17) is 4.74 Å². The summed E-state index contributed by atoms with van der Waals surface area (Å²) in [6, 6.07) is 0.715. The molecule has 1 saturated carbocycles. The molecule has 2 heterocycles. The summed E-state index contributed by atoms with van der Waals surface area (Å²) in [5.41, 5.74) is -0.659. The molecule has 1 aliphatic heterocycles. The van der Waals surface area contributed by atoms with Gasteiger partial charge in [-0.2, -0.15) is 0 Å². The minimum Gasteiger partial charge on any atom is -0.492 e. The van der Waals surface area contributed by atoms with Gasteiger partial charge in [0, 0.05) is 37.9 Å². The number of hydrogen-bond donors (Lipinski definition) is 2. The number of halogens is 1. The molecule has 1 amide bonds. The van der Waals surface area contributed by atoms with Crippen molar-refractivity contribution >= 4 is 28.7 Å². The number of hydrogen-bond acceptors (Lipinski definition) is 5. The number of amides is 1. The summed E-state index contributed by atoms with van der Waals surface area (Å²) in [6.45, 7) is 2.46. The van der Waals surface area contributed by atoms with E-state index in [1.807, 2.05) is 0 Å². The van der Waals surface area contributed by atoms with Crippen LogP contribution in [0.2, 0.25) is 0 Å². The standard InChI is InChI=1S/C20H22FN3O6/c1-10-8-22(5-6-23(10)20(28)29)16-14(21)7-12-15(18(16)30-2)24(11-3-4-11)9-13(17(12)25)19(26)27/h7,9-11H,3-6,8H2,1-2H3,(H,26,27)(H,28,29). The van der Waals surface area contributed by atoms with E-state index in [2.05, 4.69) is 0 Å². The first-order valence-electron chi connectivity index (χ1n) is 9.67. The second-order valence-electron chi connectivity index (χ2n) is 7.72. The van der Waals surface area contributed by atoms with E-state index in [1.165, 1.54) is 18.2 Å². The second kappa shape index (κ2) is 7.19. The predicted molar refractivity (Wildman–Crippen MR) is 106 cm³/mol. The van der Waals surface area contributed by atoms with Gasteiger partial charge in [-0.1, -0.05) is 0 Å². The number of carboxylic acid groups (broad SMARTS) is 2. The Hall–Kier alpha value is -3.30. The van der Waals surface area contributed by atoms with Crippen LogP contribution in [0.3, 0.4) is 0 Å². The van der Waals surface area contributed by atoms with E-state index < -0.39 is 28.9 Å². The van der Waals surface area contributed by atoms with Gasteiger partial charge in [-0.25, -0.2) is 14.0 Å². The number of rotatable bonds is 4. The Labute approximate surface area is 170 Å². The molecule has 0 radical (unpaired) electrons. The molecule has 1 aliphatic carbocycles. The molecule has 160 valence electrons. The first kappa shape index (κ1) is 20.0. The summed E-state index contributed by atoms with van der Waals surface area (Å²) in [5, 5.41) is 18.7. The van der Waals surface area contributed by atoms with Crippen LogP contribution in [0, 0.1) is 5.82 Å². The lowest BCUT2D eigenvalue weighted by atomic mass is 10.1. The average Bonchev–Trinajstić information content (AvgIpc) is 3.52. The van der Waals surface area contributed by atoms with Gasteiger partial charge in [-0.3, -0.25) is 4.79 Å². The molecule has 1 aromatic heterocycles. The van der Waals surface area contributed by atoms with Gasteiger partial charge < -0.3 is 29.3 Å². The van der Waals surface area contributed by atoms with Crippen LogP contribution in [0.1, 0.15) is 36.2 Å². The maximum absolute atomic E-state index is 15.2. The van der Waals surface area contributed by atoms with Crippen LogP contribution in [0.25, 0.3) is 10.9 Å². The number of fused-ring (bicyclic) bond motifs is 1. The first-order valence-corrected chi connectivity index (χ1v) is 9.67. The lowest BCUT2D eigenvalue weighted by Crippen LogP contribution is -2.54. The molecule has 2 aliphatic rings. The second-order valence-corrected chi connectivity index (χ2v) is 7.72. The number of pyridine rings is 1. The summed E-state index contributed by atoms with van der Waals surface area (Å²) in [7, 11) is 1.38. The molecule has 1 unspecified atom stereocenters. The molecule has 2 fully saturated rings. The fraction of sp³-hybridized carbons (Fsp3) is 0.450. The highest BCUT2D eigenvalue weighted by atomic mass is 19.1. The molecule has 1 saturated heterocycles. The molecule has 1 aromatic carbocycles. The lowest BCUT2D eigenvalue weighted by Gasteiger charge is -2.40. The number of aromatic nitrogens is 1. The van der Waals surface area contributed by atoms with Crippen LogP contribution in [0.5, 0.6) is 5.75 Å². The largest absolute Gasteiger partial charge is 0.492 e. The SMILES string of the molecule is COc1c(N2CCN(C(=O)O)C(C)C2)c(F)cc2c(=O)c(C(=O)O)cn(C3CC3)c12. The molecule has 2 N–H and O–H groups in total. The Balaban J connectivity index is 1.92. The van der Waals surface area contributed by atoms with E-state index in [9.17, 15) is 24.6 Å². The fourth-order valence-electron chi connectivity index (χ4n) is 4.17. The summed E-state index contributed by atoms with van der Waals surface area (Å²) < 4.78 is 22.5. The van der Waals surface area contributed by atoms with Crippen LogP contribution in [0.15, 0.2) is 17.1 Å². The van der Waals surface area contributed by atoms with Gasteiger partial charge >= 0.3 is 12.1 Å². The summed E-state index contributed by atoms with van der Waals surface area (Å²) in [6.07, 6.45) is 1.92. The van der Waals surface area contributed by atoms with Gasteiger partial charge in [0.1, 0.15) is 11.3 Å². The molecule has 2 aromatic rings. The lowest BCUT2D eigenvalue weighted by molar-refractivity contribution is 0.0694.